The zero-order chi connectivity index (χ0) is 18.2. The smallest absolute Gasteiger partial charge is 0.241 e. The molecule has 7 heteroatoms. The Kier molecular flexibility index (Phi) is 4.81. The molecule has 3 rings (SSSR count). The summed E-state index contributed by atoms with van der Waals surface area (Å²) in [6, 6.07) is 0. The molecule has 0 aromatic rings. The molecular formula is C18H28N2O4Si. The van der Waals surface area contributed by atoms with Crippen LogP contribution >= 0.6 is 0 Å². The van der Waals surface area contributed by atoms with Crippen LogP contribution in [0, 0.1) is 11.8 Å². The molecule has 1 aliphatic heterocycles. The van der Waals surface area contributed by atoms with Gasteiger partial charge in [-0.25, -0.2) is 0 Å². The summed E-state index contributed by atoms with van der Waals surface area (Å²) in [6.07, 6.45) is 7.98. The van der Waals surface area contributed by atoms with E-state index in [1.807, 2.05) is 18.2 Å². The predicted molar refractivity (Wildman–Crippen MR) is 98.3 cm³/mol. The van der Waals surface area contributed by atoms with Gasteiger partial charge in [-0.2, -0.15) is 0 Å². The van der Waals surface area contributed by atoms with Crippen LogP contribution in [-0.2, 0) is 18.8 Å². The first-order valence-electron chi connectivity index (χ1n) is 9.05. The fourth-order valence-corrected chi connectivity index (χ4v) is 4.46. The lowest BCUT2D eigenvalue weighted by Gasteiger charge is -2.45. The Balaban J connectivity index is 1.86. The van der Waals surface area contributed by atoms with Gasteiger partial charge in [-0.3, -0.25) is 4.79 Å². The molecule has 0 aromatic heterocycles. The summed E-state index contributed by atoms with van der Waals surface area (Å²) in [5.41, 5.74) is 5.53. The van der Waals surface area contributed by atoms with Crippen LogP contribution in [0.5, 0.6) is 0 Å². The number of oxime groups is 1. The summed E-state index contributed by atoms with van der Waals surface area (Å²) in [4.78, 5) is 18.9. The highest BCUT2D eigenvalue weighted by Crippen LogP contribution is 2.44. The Hall–Kier alpha value is -1.60. The van der Waals surface area contributed by atoms with Crippen LogP contribution < -0.4 is 5.73 Å². The van der Waals surface area contributed by atoms with E-state index in [0.717, 1.165) is 12.8 Å². The Morgan fingerprint density at radius 1 is 1.44 bits per heavy atom. The Bertz CT molecular complexity index is 637. The molecule has 1 fully saturated rings. The zero-order valence-electron chi connectivity index (χ0n) is 15.5. The third-order valence-electron chi connectivity index (χ3n) is 4.84. The van der Waals surface area contributed by atoms with Crippen molar-refractivity contribution in [3.05, 3.63) is 24.0 Å². The van der Waals surface area contributed by atoms with Gasteiger partial charge >= 0.3 is 0 Å². The highest BCUT2D eigenvalue weighted by Gasteiger charge is 2.60. The van der Waals surface area contributed by atoms with Crippen molar-refractivity contribution in [2.75, 3.05) is 6.61 Å². The van der Waals surface area contributed by atoms with E-state index in [-0.39, 0.29) is 17.8 Å². The molecule has 6 nitrogen and oxygen atoms in total. The van der Waals surface area contributed by atoms with Crippen molar-refractivity contribution >= 4 is 20.0 Å². The Morgan fingerprint density at radius 2 is 2.20 bits per heavy atom. The summed E-state index contributed by atoms with van der Waals surface area (Å²) in [7, 11) is -1.90. The van der Waals surface area contributed by atoms with Crippen molar-refractivity contribution in [3.63, 3.8) is 0 Å². The number of ether oxygens (including phenoxy) is 1. The maximum Gasteiger partial charge on any atom is 0.241 e. The van der Waals surface area contributed by atoms with Gasteiger partial charge in [0.2, 0.25) is 14.2 Å². The number of Topliss-reactive ketones (excluding diaryl/α,β-unsaturated/α-hetero) is 1. The molecule has 1 heterocycles. The van der Waals surface area contributed by atoms with Crippen LogP contribution in [-0.4, -0.2) is 38.2 Å². The third kappa shape index (κ3) is 3.27. The van der Waals surface area contributed by atoms with Crippen molar-refractivity contribution in [2.45, 2.75) is 57.5 Å². The number of nitrogens with zero attached hydrogens (tertiary/aromatic N) is 1. The summed E-state index contributed by atoms with van der Waals surface area (Å²) in [5.74, 6) is 0.132. The number of fused-ring (bicyclic) bond motifs is 2. The third-order valence-corrected chi connectivity index (χ3v) is 5.67. The van der Waals surface area contributed by atoms with Crippen LogP contribution in [0.4, 0.5) is 0 Å². The number of carbonyl (C=O) groups excluding carboxylic acids is 1. The van der Waals surface area contributed by atoms with E-state index >= 15 is 0 Å². The van der Waals surface area contributed by atoms with Gasteiger partial charge in [-0.05, 0) is 38.6 Å². The first-order valence-corrected chi connectivity index (χ1v) is 12.5. The zero-order valence-corrected chi connectivity index (χ0v) is 16.5. The van der Waals surface area contributed by atoms with Gasteiger partial charge in [0.15, 0.2) is 5.78 Å². The predicted octanol–water partition coefficient (Wildman–Crippen LogP) is 2.72. The topological polar surface area (TPSA) is 83.1 Å². The molecule has 0 bridgehead atoms. The van der Waals surface area contributed by atoms with Crippen LogP contribution in [0.25, 0.3) is 0 Å². The molecule has 2 aliphatic carbocycles. The number of ketones is 1. The van der Waals surface area contributed by atoms with Crippen LogP contribution in [0.15, 0.2) is 29.1 Å². The van der Waals surface area contributed by atoms with Crippen molar-refractivity contribution in [2.24, 2.45) is 22.7 Å². The lowest BCUT2D eigenvalue weighted by molar-refractivity contribution is -0.135. The first kappa shape index (κ1) is 18.2. The number of carbonyl (C=O) groups is 1. The van der Waals surface area contributed by atoms with E-state index in [1.54, 1.807) is 0 Å². The summed E-state index contributed by atoms with van der Waals surface area (Å²) >= 11 is 0. The highest BCUT2D eigenvalue weighted by atomic mass is 28.4. The maximum absolute atomic E-state index is 13.4. The molecule has 4 atom stereocenters. The van der Waals surface area contributed by atoms with E-state index in [9.17, 15) is 4.79 Å². The van der Waals surface area contributed by atoms with Gasteiger partial charge in [0.25, 0.3) is 0 Å². The molecule has 1 saturated carbocycles. The molecule has 0 spiro atoms. The number of allylic oxidation sites excluding steroid dienone is 2. The minimum atomic E-state index is -1.90. The standard InChI is InChI=1S/C18H28N2O4Si/c1-5-6-10-22-17-15-13(23-20-17)11-12-8-7-9-14(24-25(2,3)4)18(12,19)16(15)21/h7-9,12-13,15H,5-6,10-11,19H2,1-4H3/t12-,13?,15?,18-/m0/s1. The Morgan fingerprint density at radius 3 is 2.88 bits per heavy atom. The van der Waals surface area contributed by atoms with Crippen molar-refractivity contribution in [3.8, 4) is 0 Å². The molecular weight excluding hydrogens is 336 g/mol. The Labute approximate surface area is 150 Å². The number of hydrogen-bond acceptors (Lipinski definition) is 6. The van der Waals surface area contributed by atoms with Gasteiger partial charge in [0, 0.05) is 5.92 Å². The average molecular weight is 365 g/mol. The molecule has 0 aromatic carbocycles. The quantitative estimate of drug-likeness (QED) is 0.599. The molecule has 0 radical (unpaired) electrons. The van der Waals surface area contributed by atoms with Crippen molar-refractivity contribution in [1.29, 1.82) is 0 Å². The van der Waals surface area contributed by atoms with E-state index < -0.39 is 19.8 Å². The largest absolute Gasteiger partial charge is 0.546 e. The monoisotopic (exact) mass is 364 g/mol. The fraction of sp³-hybridized carbons (Fsp3) is 0.667. The van der Waals surface area contributed by atoms with E-state index in [1.165, 1.54) is 0 Å². The second-order valence-electron chi connectivity index (χ2n) is 7.96. The van der Waals surface area contributed by atoms with Gasteiger partial charge < -0.3 is 19.7 Å². The van der Waals surface area contributed by atoms with E-state index in [0.29, 0.717) is 24.7 Å². The molecule has 138 valence electrons. The molecule has 3 aliphatic rings. The average Bonchev–Trinajstić information content (AvgIpc) is 2.92. The summed E-state index contributed by atoms with van der Waals surface area (Å²) in [6.45, 7) is 8.87. The normalized spacial score (nSPS) is 33.8. The maximum atomic E-state index is 13.4. The second-order valence-corrected chi connectivity index (χ2v) is 12.4. The van der Waals surface area contributed by atoms with Crippen LogP contribution in [0.3, 0.4) is 0 Å². The number of nitrogens with two attached hydrogens (primary N) is 1. The van der Waals surface area contributed by atoms with Crippen molar-refractivity contribution < 1.29 is 18.8 Å². The van der Waals surface area contributed by atoms with Crippen molar-refractivity contribution in [1.82, 2.24) is 0 Å². The summed E-state index contributed by atoms with van der Waals surface area (Å²) in [5, 5.41) is 4.03. The fourth-order valence-electron chi connectivity index (χ4n) is 3.57. The van der Waals surface area contributed by atoms with Gasteiger partial charge in [0.05, 0.1) is 6.61 Å². The first-order chi connectivity index (χ1) is 11.8. The SMILES string of the molecule is CCCCOC1=NOC2C[C@@H]3C=CC=C(O[Si](C)(C)C)[C@]3(N)C(=O)C12. The second kappa shape index (κ2) is 6.61. The van der Waals surface area contributed by atoms with E-state index in [4.69, 9.17) is 19.7 Å². The minimum Gasteiger partial charge on any atom is -0.546 e. The van der Waals surface area contributed by atoms with Crippen LogP contribution in [0.2, 0.25) is 19.6 Å². The molecule has 25 heavy (non-hydrogen) atoms. The number of unbranched alkanes of at least 4 members (excludes halogenated alkanes) is 1. The highest BCUT2D eigenvalue weighted by molar-refractivity contribution is 6.70. The van der Waals surface area contributed by atoms with Gasteiger partial charge in [-0.1, -0.05) is 30.7 Å². The molecule has 0 saturated heterocycles. The molecule has 0 amide bonds. The molecule has 2 unspecified atom stereocenters. The molecule has 2 N–H and O–H groups in total. The summed E-state index contributed by atoms with van der Waals surface area (Å²) < 4.78 is 11.9. The number of hydrogen-bond donors (Lipinski definition) is 1. The lowest BCUT2D eigenvalue weighted by Crippen LogP contribution is -2.65. The lowest BCUT2D eigenvalue weighted by atomic mass is 9.64. The van der Waals surface area contributed by atoms with E-state index in [2.05, 4.69) is 31.7 Å². The number of rotatable bonds is 5. The van der Waals surface area contributed by atoms with Gasteiger partial charge in [0.1, 0.15) is 23.3 Å². The minimum absolute atomic E-state index is 0.115. The van der Waals surface area contributed by atoms with Gasteiger partial charge in [-0.15, -0.1) is 0 Å². The van der Waals surface area contributed by atoms with Crippen LogP contribution in [0.1, 0.15) is 26.2 Å².